The molecular weight excluding hydrogens is 336 g/mol. The van der Waals surface area contributed by atoms with Gasteiger partial charge in [-0.15, -0.1) is 11.3 Å². The van der Waals surface area contributed by atoms with Crippen LogP contribution in [0.15, 0.2) is 39.8 Å². The highest BCUT2D eigenvalue weighted by molar-refractivity contribution is 9.11. The number of aromatic nitrogens is 1. The molecule has 2 aromatic heterocycles. The van der Waals surface area contributed by atoms with Gasteiger partial charge >= 0.3 is 0 Å². The molecule has 3 nitrogen and oxygen atoms in total. The molecule has 2 aromatic rings. The molecule has 0 saturated carbocycles. The number of nitrogens with one attached hydrogen (secondary N) is 1. The van der Waals surface area contributed by atoms with Crippen molar-refractivity contribution in [3.05, 3.63) is 50.9 Å². The lowest BCUT2D eigenvalue weighted by molar-refractivity contribution is -0.0112. The minimum atomic E-state index is 0.133. The van der Waals surface area contributed by atoms with Crippen LogP contribution in [-0.2, 0) is 11.3 Å². The highest BCUT2D eigenvalue weighted by Gasteiger charge is 2.26. The van der Waals surface area contributed by atoms with Gasteiger partial charge in [-0.3, -0.25) is 4.98 Å². The van der Waals surface area contributed by atoms with Gasteiger partial charge < -0.3 is 10.1 Å². The maximum atomic E-state index is 5.97. The molecule has 20 heavy (non-hydrogen) atoms. The molecule has 5 heteroatoms. The van der Waals surface area contributed by atoms with Crippen molar-refractivity contribution in [2.24, 2.45) is 0 Å². The summed E-state index contributed by atoms with van der Waals surface area (Å²) in [5.74, 6) is 0. The summed E-state index contributed by atoms with van der Waals surface area (Å²) in [5, 5.41) is 5.82. The van der Waals surface area contributed by atoms with Crippen molar-refractivity contribution in [3.8, 4) is 0 Å². The number of nitrogens with zero attached hydrogens (tertiary/aromatic N) is 1. The lowest BCUT2D eigenvalue weighted by Gasteiger charge is -2.32. The monoisotopic (exact) mass is 352 g/mol. The van der Waals surface area contributed by atoms with Crippen molar-refractivity contribution in [2.75, 3.05) is 6.61 Å². The average molecular weight is 353 g/mol. The smallest absolute Gasteiger partial charge is 0.0978 e. The Balaban J connectivity index is 1.66. The Bertz CT molecular complexity index is 546. The Kier molecular flexibility index (Phi) is 4.83. The molecule has 3 rings (SSSR count). The second kappa shape index (κ2) is 6.80. The molecule has 0 spiro atoms. The third-order valence-electron chi connectivity index (χ3n) is 3.55. The van der Waals surface area contributed by atoms with E-state index in [9.17, 15) is 0 Å². The molecule has 106 valence electrons. The molecule has 1 N–H and O–H groups in total. The fourth-order valence-electron chi connectivity index (χ4n) is 2.56. The number of hydrogen-bond acceptors (Lipinski definition) is 4. The Morgan fingerprint density at radius 1 is 1.40 bits per heavy atom. The van der Waals surface area contributed by atoms with Crippen LogP contribution in [0.1, 0.15) is 30.1 Å². The summed E-state index contributed by atoms with van der Waals surface area (Å²) < 4.78 is 7.15. The SMILES string of the molecule is Brc1cc(CN[C@H]2CCCO[C@@H]2c2ccncc2)cs1. The minimum absolute atomic E-state index is 0.133. The zero-order chi connectivity index (χ0) is 13.8. The van der Waals surface area contributed by atoms with Crippen LogP contribution in [0.3, 0.4) is 0 Å². The third kappa shape index (κ3) is 3.47. The van der Waals surface area contributed by atoms with Crippen LogP contribution in [0.25, 0.3) is 0 Å². The molecule has 0 aliphatic carbocycles. The quantitative estimate of drug-likeness (QED) is 0.905. The number of rotatable bonds is 4. The van der Waals surface area contributed by atoms with Crippen molar-refractivity contribution >= 4 is 27.3 Å². The van der Waals surface area contributed by atoms with E-state index in [2.05, 4.69) is 37.7 Å². The van der Waals surface area contributed by atoms with Gasteiger partial charge in [0.15, 0.2) is 0 Å². The topological polar surface area (TPSA) is 34.1 Å². The minimum Gasteiger partial charge on any atom is -0.372 e. The van der Waals surface area contributed by atoms with Gasteiger partial charge in [-0.05, 0) is 63.5 Å². The van der Waals surface area contributed by atoms with Crippen LogP contribution >= 0.6 is 27.3 Å². The normalized spacial score (nSPS) is 22.9. The Morgan fingerprint density at radius 3 is 3.00 bits per heavy atom. The van der Waals surface area contributed by atoms with Gasteiger partial charge in [-0.1, -0.05) is 0 Å². The molecule has 2 atom stereocenters. The highest BCUT2D eigenvalue weighted by atomic mass is 79.9. The molecule has 1 aliphatic rings. The van der Waals surface area contributed by atoms with Crippen LogP contribution < -0.4 is 5.32 Å². The van der Waals surface area contributed by atoms with Crippen LogP contribution in [0.4, 0.5) is 0 Å². The first-order valence-corrected chi connectivity index (χ1v) is 8.48. The fourth-order valence-corrected chi connectivity index (χ4v) is 3.77. The van der Waals surface area contributed by atoms with Crippen molar-refractivity contribution < 1.29 is 4.74 Å². The summed E-state index contributed by atoms with van der Waals surface area (Å²) in [6.45, 7) is 1.73. The predicted octanol–water partition coefficient (Wildman–Crippen LogP) is 3.92. The number of thiophene rings is 1. The maximum absolute atomic E-state index is 5.97. The van der Waals surface area contributed by atoms with Gasteiger partial charge in [-0.2, -0.15) is 0 Å². The maximum Gasteiger partial charge on any atom is 0.0978 e. The lowest BCUT2D eigenvalue weighted by atomic mass is 9.96. The first-order valence-electron chi connectivity index (χ1n) is 6.81. The lowest BCUT2D eigenvalue weighted by Crippen LogP contribution is -2.39. The fraction of sp³-hybridized carbons (Fsp3) is 0.400. The number of pyridine rings is 1. The van der Waals surface area contributed by atoms with E-state index in [1.165, 1.54) is 14.9 Å². The Morgan fingerprint density at radius 2 is 2.25 bits per heavy atom. The second-order valence-electron chi connectivity index (χ2n) is 4.96. The summed E-state index contributed by atoms with van der Waals surface area (Å²) in [4.78, 5) is 4.08. The molecular formula is C15H17BrN2OS. The number of halogens is 1. The van der Waals surface area contributed by atoms with Gasteiger partial charge in [0.25, 0.3) is 0 Å². The third-order valence-corrected chi connectivity index (χ3v) is 5.10. The highest BCUT2D eigenvalue weighted by Crippen LogP contribution is 2.28. The van der Waals surface area contributed by atoms with E-state index in [0.29, 0.717) is 6.04 Å². The average Bonchev–Trinajstić information content (AvgIpc) is 2.92. The van der Waals surface area contributed by atoms with E-state index < -0.39 is 0 Å². The number of ether oxygens (including phenoxy) is 1. The van der Waals surface area contributed by atoms with Crippen LogP contribution in [0.5, 0.6) is 0 Å². The van der Waals surface area contributed by atoms with Crippen LogP contribution in [-0.4, -0.2) is 17.6 Å². The molecule has 1 saturated heterocycles. The summed E-state index contributed by atoms with van der Waals surface area (Å²) in [6.07, 6.45) is 6.07. The summed E-state index contributed by atoms with van der Waals surface area (Å²) in [7, 11) is 0. The Hall–Kier alpha value is -0.750. The van der Waals surface area contributed by atoms with Crippen molar-refractivity contribution in [1.82, 2.24) is 10.3 Å². The molecule has 0 amide bonds. The van der Waals surface area contributed by atoms with Gasteiger partial charge in [-0.25, -0.2) is 0 Å². The van der Waals surface area contributed by atoms with E-state index >= 15 is 0 Å². The van der Waals surface area contributed by atoms with E-state index in [-0.39, 0.29) is 6.10 Å². The Labute approximate surface area is 131 Å². The molecule has 3 heterocycles. The van der Waals surface area contributed by atoms with Crippen LogP contribution in [0, 0.1) is 0 Å². The molecule has 0 unspecified atom stereocenters. The molecule has 0 bridgehead atoms. The number of hydrogen-bond donors (Lipinski definition) is 1. The first-order chi connectivity index (χ1) is 9.83. The van der Waals surface area contributed by atoms with Crippen molar-refractivity contribution in [2.45, 2.75) is 31.5 Å². The van der Waals surface area contributed by atoms with Crippen molar-refractivity contribution in [1.29, 1.82) is 0 Å². The molecule has 0 radical (unpaired) electrons. The molecule has 0 aromatic carbocycles. The van der Waals surface area contributed by atoms with E-state index in [4.69, 9.17) is 4.74 Å². The standard InChI is InChI=1S/C15H17BrN2OS/c16-14-8-11(10-20-14)9-18-13-2-1-7-19-15(13)12-3-5-17-6-4-12/h3-6,8,10,13,15,18H,1-2,7,9H2/t13-,15+/m0/s1. The predicted molar refractivity (Wildman–Crippen MR) is 84.8 cm³/mol. The summed E-state index contributed by atoms with van der Waals surface area (Å²) in [6, 6.07) is 6.63. The van der Waals surface area contributed by atoms with E-state index in [1.807, 2.05) is 24.5 Å². The van der Waals surface area contributed by atoms with E-state index in [1.54, 1.807) is 11.3 Å². The van der Waals surface area contributed by atoms with Gasteiger partial charge in [0.1, 0.15) is 0 Å². The van der Waals surface area contributed by atoms with Crippen molar-refractivity contribution in [3.63, 3.8) is 0 Å². The largest absolute Gasteiger partial charge is 0.372 e. The van der Waals surface area contributed by atoms with Gasteiger partial charge in [0.05, 0.1) is 9.89 Å². The molecule has 1 fully saturated rings. The zero-order valence-corrected chi connectivity index (χ0v) is 13.5. The van der Waals surface area contributed by atoms with Gasteiger partial charge in [0.2, 0.25) is 0 Å². The first kappa shape index (κ1) is 14.2. The van der Waals surface area contributed by atoms with Gasteiger partial charge in [0, 0.05) is 31.6 Å². The van der Waals surface area contributed by atoms with E-state index in [0.717, 1.165) is 26.0 Å². The summed E-state index contributed by atoms with van der Waals surface area (Å²) >= 11 is 5.23. The second-order valence-corrected chi connectivity index (χ2v) is 7.25. The summed E-state index contributed by atoms with van der Waals surface area (Å²) in [5.41, 5.74) is 2.53. The van der Waals surface area contributed by atoms with Crippen LogP contribution in [0.2, 0.25) is 0 Å². The zero-order valence-electron chi connectivity index (χ0n) is 11.1. The molecule has 1 aliphatic heterocycles.